The highest BCUT2D eigenvalue weighted by atomic mass is 35.5. The number of nitrogens with zero attached hydrogens (tertiary/aromatic N) is 3. The van der Waals surface area contributed by atoms with Crippen molar-refractivity contribution in [2.45, 2.75) is 19.9 Å². The van der Waals surface area contributed by atoms with Crippen LogP contribution in [0.4, 0.5) is 4.39 Å². The Balaban J connectivity index is 1.94. The number of ether oxygens (including phenoxy) is 1. The largest absolute Gasteiger partial charge is 0.423 e. The van der Waals surface area contributed by atoms with Gasteiger partial charge in [0.05, 0.1) is 23.8 Å². The molecule has 0 saturated carbocycles. The van der Waals surface area contributed by atoms with Gasteiger partial charge < -0.3 is 14.1 Å². The van der Waals surface area contributed by atoms with Crippen molar-refractivity contribution >= 4 is 17.5 Å². The summed E-state index contributed by atoms with van der Waals surface area (Å²) in [5.74, 6) is -0.0426. The summed E-state index contributed by atoms with van der Waals surface area (Å²) in [6.45, 7) is 4.27. The van der Waals surface area contributed by atoms with Crippen LogP contribution in [-0.2, 0) is 4.74 Å². The number of hydrogen-bond acceptors (Lipinski definition) is 5. The number of halogens is 2. The summed E-state index contributed by atoms with van der Waals surface area (Å²) < 4.78 is 24.4. The van der Waals surface area contributed by atoms with Crippen LogP contribution in [0.15, 0.2) is 16.5 Å². The molecule has 8 heteroatoms. The molecule has 0 aliphatic carbocycles. The number of rotatable bonds is 2. The van der Waals surface area contributed by atoms with Gasteiger partial charge in [-0.25, -0.2) is 4.39 Å². The Morgan fingerprint density at radius 1 is 1.39 bits per heavy atom. The van der Waals surface area contributed by atoms with Crippen LogP contribution in [0.25, 0.3) is 0 Å². The number of hydrogen-bond donors (Lipinski definition) is 0. The quantitative estimate of drug-likeness (QED) is 0.841. The fraction of sp³-hybridized carbons (Fsp3) is 0.400. The lowest BCUT2D eigenvalue weighted by molar-refractivity contribution is -0.0106. The van der Waals surface area contributed by atoms with Gasteiger partial charge in [0, 0.05) is 13.5 Å². The van der Waals surface area contributed by atoms with Crippen molar-refractivity contribution < 1.29 is 18.3 Å². The third-order valence-electron chi connectivity index (χ3n) is 3.69. The van der Waals surface area contributed by atoms with Crippen LogP contribution in [0, 0.1) is 19.7 Å². The normalized spacial score (nSPS) is 18.3. The molecule has 1 aromatic carbocycles. The summed E-state index contributed by atoms with van der Waals surface area (Å²) in [6.07, 6.45) is 0. The SMILES string of the molecule is Cc1nnc(C2COCCN2C(=O)c2cc(C)c(F)cc2Cl)o1. The van der Waals surface area contributed by atoms with Gasteiger partial charge in [-0.2, -0.15) is 0 Å². The summed E-state index contributed by atoms with van der Waals surface area (Å²) in [5.41, 5.74) is 0.602. The predicted molar refractivity (Wildman–Crippen MR) is 79.8 cm³/mol. The second-order valence-electron chi connectivity index (χ2n) is 5.33. The standard InChI is InChI=1S/C15H15ClFN3O3/c1-8-5-10(11(16)6-12(8)17)15(21)20-3-4-22-7-13(20)14-19-18-9(2)23-14/h5-6,13H,3-4,7H2,1-2H3. The van der Waals surface area contributed by atoms with Crippen molar-refractivity contribution in [3.63, 3.8) is 0 Å². The fourth-order valence-electron chi connectivity index (χ4n) is 2.47. The molecule has 0 spiro atoms. The van der Waals surface area contributed by atoms with Gasteiger partial charge in [-0.1, -0.05) is 11.6 Å². The van der Waals surface area contributed by atoms with E-state index in [9.17, 15) is 9.18 Å². The number of aryl methyl sites for hydroxylation is 2. The van der Waals surface area contributed by atoms with Crippen molar-refractivity contribution in [3.05, 3.63) is 45.9 Å². The molecule has 6 nitrogen and oxygen atoms in total. The zero-order valence-electron chi connectivity index (χ0n) is 12.7. The average Bonchev–Trinajstić information content (AvgIpc) is 2.96. The Kier molecular flexibility index (Phi) is 4.32. The lowest BCUT2D eigenvalue weighted by Gasteiger charge is -2.33. The van der Waals surface area contributed by atoms with Gasteiger partial charge in [0.2, 0.25) is 11.8 Å². The minimum absolute atomic E-state index is 0.0741. The summed E-state index contributed by atoms with van der Waals surface area (Å²) >= 11 is 6.04. The van der Waals surface area contributed by atoms with Gasteiger partial charge in [-0.05, 0) is 24.6 Å². The molecular weight excluding hydrogens is 325 g/mol. The van der Waals surface area contributed by atoms with Crippen LogP contribution in [0.3, 0.4) is 0 Å². The molecule has 122 valence electrons. The van der Waals surface area contributed by atoms with E-state index >= 15 is 0 Å². The molecule has 1 aromatic heterocycles. The maximum absolute atomic E-state index is 13.5. The molecule has 1 fully saturated rings. The maximum Gasteiger partial charge on any atom is 0.256 e. The first kappa shape index (κ1) is 15.9. The maximum atomic E-state index is 13.5. The highest BCUT2D eigenvalue weighted by molar-refractivity contribution is 6.33. The topological polar surface area (TPSA) is 68.5 Å². The van der Waals surface area contributed by atoms with Crippen LogP contribution in [0.1, 0.15) is 33.7 Å². The van der Waals surface area contributed by atoms with Crippen LogP contribution >= 0.6 is 11.6 Å². The smallest absolute Gasteiger partial charge is 0.256 e. The molecule has 1 atom stereocenters. The van der Waals surface area contributed by atoms with Crippen molar-refractivity contribution in [1.82, 2.24) is 15.1 Å². The first-order valence-corrected chi connectivity index (χ1v) is 7.49. The van der Waals surface area contributed by atoms with Crippen LogP contribution in [0.2, 0.25) is 5.02 Å². The van der Waals surface area contributed by atoms with Gasteiger partial charge in [-0.3, -0.25) is 4.79 Å². The lowest BCUT2D eigenvalue weighted by atomic mass is 10.1. The van der Waals surface area contributed by atoms with Crippen molar-refractivity contribution in [2.75, 3.05) is 19.8 Å². The minimum Gasteiger partial charge on any atom is -0.423 e. The molecule has 1 amide bonds. The number of amides is 1. The molecule has 0 N–H and O–H groups in total. The molecule has 0 bridgehead atoms. The van der Waals surface area contributed by atoms with E-state index in [1.165, 1.54) is 6.07 Å². The number of morpholine rings is 1. The van der Waals surface area contributed by atoms with Gasteiger partial charge in [0.15, 0.2) is 0 Å². The zero-order chi connectivity index (χ0) is 16.6. The lowest BCUT2D eigenvalue weighted by Crippen LogP contribution is -2.43. The van der Waals surface area contributed by atoms with E-state index in [2.05, 4.69) is 10.2 Å². The number of carbonyl (C=O) groups excluding carboxylic acids is 1. The fourth-order valence-corrected chi connectivity index (χ4v) is 2.70. The van der Waals surface area contributed by atoms with E-state index in [0.717, 1.165) is 6.07 Å². The molecular formula is C15H15ClFN3O3. The minimum atomic E-state index is -0.487. The molecule has 23 heavy (non-hydrogen) atoms. The molecule has 3 rings (SSSR count). The summed E-state index contributed by atoms with van der Waals surface area (Å²) in [5, 5.41) is 7.83. The van der Waals surface area contributed by atoms with Crippen molar-refractivity contribution in [3.8, 4) is 0 Å². The predicted octanol–water partition coefficient (Wildman–Crippen LogP) is 2.69. The first-order valence-electron chi connectivity index (χ1n) is 7.11. The van der Waals surface area contributed by atoms with Crippen LogP contribution in [0.5, 0.6) is 0 Å². The first-order chi connectivity index (χ1) is 11.0. The molecule has 1 aliphatic heterocycles. The van der Waals surface area contributed by atoms with E-state index in [4.69, 9.17) is 20.8 Å². The summed E-state index contributed by atoms with van der Waals surface area (Å²) in [4.78, 5) is 14.4. The van der Waals surface area contributed by atoms with E-state index in [1.807, 2.05) is 0 Å². The summed E-state index contributed by atoms with van der Waals surface area (Å²) in [6, 6.07) is 2.11. The van der Waals surface area contributed by atoms with E-state index < -0.39 is 11.9 Å². The second-order valence-corrected chi connectivity index (χ2v) is 5.74. The van der Waals surface area contributed by atoms with Crippen molar-refractivity contribution in [2.24, 2.45) is 0 Å². The Morgan fingerprint density at radius 2 is 2.17 bits per heavy atom. The molecule has 1 saturated heterocycles. The highest BCUT2D eigenvalue weighted by Gasteiger charge is 2.34. The Hall–Kier alpha value is -1.99. The van der Waals surface area contributed by atoms with E-state index in [1.54, 1.807) is 18.7 Å². The molecule has 1 unspecified atom stereocenters. The number of aromatic nitrogens is 2. The van der Waals surface area contributed by atoms with Gasteiger partial charge >= 0.3 is 0 Å². The third-order valence-corrected chi connectivity index (χ3v) is 4.01. The Bertz CT molecular complexity index is 750. The number of carbonyl (C=O) groups is 1. The van der Waals surface area contributed by atoms with Crippen molar-refractivity contribution in [1.29, 1.82) is 0 Å². The molecule has 1 aliphatic rings. The molecule has 2 aromatic rings. The highest BCUT2D eigenvalue weighted by Crippen LogP contribution is 2.28. The monoisotopic (exact) mass is 339 g/mol. The average molecular weight is 340 g/mol. The zero-order valence-corrected chi connectivity index (χ0v) is 13.4. The summed E-state index contributed by atoms with van der Waals surface area (Å²) in [7, 11) is 0. The van der Waals surface area contributed by atoms with Gasteiger partial charge in [0.1, 0.15) is 11.9 Å². The van der Waals surface area contributed by atoms with Crippen LogP contribution in [-0.4, -0.2) is 40.8 Å². The number of benzene rings is 1. The van der Waals surface area contributed by atoms with Gasteiger partial charge in [-0.15, -0.1) is 10.2 Å². The van der Waals surface area contributed by atoms with E-state index in [-0.39, 0.29) is 23.1 Å². The Labute approximate surface area is 137 Å². The molecule has 0 radical (unpaired) electrons. The van der Waals surface area contributed by atoms with Gasteiger partial charge in [0.25, 0.3) is 5.91 Å². The Morgan fingerprint density at radius 3 is 2.87 bits per heavy atom. The molecule has 2 heterocycles. The van der Waals surface area contributed by atoms with E-state index in [0.29, 0.717) is 30.5 Å². The second kappa shape index (κ2) is 6.25. The van der Waals surface area contributed by atoms with Crippen LogP contribution < -0.4 is 0 Å². The third kappa shape index (κ3) is 3.07.